The van der Waals surface area contributed by atoms with Gasteiger partial charge in [0.15, 0.2) is 0 Å². The van der Waals surface area contributed by atoms with E-state index in [9.17, 15) is 0 Å². The van der Waals surface area contributed by atoms with Gasteiger partial charge in [-0.25, -0.2) is 0 Å². The average Bonchev–Trinajstić information content (AvgIpc) is 3.36. The van der Waals surface area contributed by atoms with E-state index in [1.807, 2.05) is 0 Å². The van der Waals surface area contributed by atoms with E-state index in [1.165, 1.54) is 77.8 Å². The van der Waals surface area contributed by atoms with Crippen LogP contribution in [0, 0.1) is 11.8 Å². The van der Waals surface area contributed by atoms with E-state index < -0.39 is 0 Å². The molecule has 0 bridgehead atoms. The summed E-state index contributed by atoms with van der Waals surface area (Å²) in [6.07, 6.45) is 8.32. The molecule has 4 fully saturated rings. The molecular weight excluding hydrogens is 440 g/mol. The highest BCUT2D eigenvalue weighted by Gasteiger charge is 2.28. The van der Waals surface area contributed by atoms with Crippen molar-refractivity contribution < 1.29 is 0 Å². The minimum absolute atomic E-state index is 0.759. The van der Waals surface area contributed by atoms with E-state index in [2.05, 4.69) is 103 Å². The van der Waals surface area contributed by atoms with Crippen LogP contribution in [0.5, 0.6) is 0 Å². The van der Waals surface area contributed by atoms with Crippen LogP contribution in [0.3, 0.4) is 0 Å². The Bertz CT molecular complexity index is 482. The summed E-state index contributed by atoms with van der Waals surface area (Å²) in [6.45, 7) is 35.4. The molecule has 0 aromatic carbocycles. The van der Waals surface area contributed by atoms with Gasteiger partial charge in [0, 0.05) is 62.4 Å². The Morgan fingerprint density at radius 3 is 0.917 bits per heavy atom. The van der Waals surface area contributed by atoms with E-state index >= 15 is 0 Å². The second-order valence-corrected chi connectivity index (χ2v) is 13.3. The second-order valence-electron chi connectivity index (χ2n) is 13.3. The monoisotopic (exact) mass is 509 g/mol. The molecule has 0 aliphatic carbocycles. The van der Waals surface area contributed by atoms with Gasteiger partial charge in [0.1, 0.15) is 0 Å². The molecule has 4 aliphatic heterocycles. The first-order valence-electron chi connectivity index (χ1n) is 15.9. The topological polar surface area (TPSA) is 13.0 Å². The number of likely N-dealkylation sites (tertiary alicyclic amines) is 4. The predicted octanol–water partition coefficient (Wildman–Crippen LogP) is 7.23. The number of nitrogens with zero attached hydrogens (tertiary/aromatic N) is 4. The molecule has 0 spiro atoms. The molecule has 4 nitrogen and oxygen atoms in total. The van der Waals surface area contributed by atoms with Crippen molar-refractivity contribution in [3.8, 4) is 0 Å². The van der Waals surface area contributed by atoms with Gasteiger partial charge in [0.05, 0.1) is 0 Å². The molecule has 0 radical (unpaired) electrons. The number of hydrogen-bond acceptors (Lipinski definition) is 4. The van der Waals surface area contributed by atoms with Gasteiger partial charge in [-0.3, -0.25) is 9.80 Å². The first-order valence-corrected chi connectivity index (χ1v) is 15.9. The summed E-state index contributed by atoms with van der Waals surface area (Å²) in [5.41, 5.74) is 0. The maximum atomic E-state index is 2.57. The van der Waals surface area contributed by atoms with E-state index in [0.717, 1.165) is 48.1 Å². The van der Waals surface area contributed by atoms with Crippen molar-refractivity contribution in [1.29, 1.82) is 0 Å². The minimum Gasteiger partial charge on any atom is -0.301 e. The fourth-order valence-electron chi connectivity index (χ4n) is 6.03. The van der Waals surface area contributed by atoms with Crippen LogP contribution in [0.4, 0.5) is 0 Å². The lowest BCUT2D eigenvalue weighted by Crippen LogP contribution is -2.50. The average molecular weight is 509 g/mol. The summed E-state index contributed by atoms with van der Waals surface area (Å²) in [4.78, 5) is 10.2. The van der Waals surface area contributed by atoms with Crippen molar-refractivity contribution in [2.24, 2.45) is 11.8 Å². The Balaban J connectivity index is 0.000000240. The molecule has 216 valence electrons. The van der Waals surface area contributed by atoms with Crippen LogP contribution >= 0.6 is 0 Å². The molecule has 0 aromatic heterocycles. The quantitative estimate of drug-likeness (QED) is 0.375. The van der Waals surface area contributed by atoms with Crippen molar-refractivity contribution in [3.63, 3.8) is 0 Å². The molecule has 4 heteroatoms. The van der Waals surface area contributed by atoms with Gasteiger partial charge in [-0.1, -0.05) is 27.7 Å². The molecule has 4 aliphatic rings. The van der Waals surface area contributed by atoms with Crippen molar-refractivity contribution in [2.75, 3.05) is 39.3 Å². The number of hydrogen-bond donors (Lipinski definition) is 0. The standard InChI is InChI=1S/4C8H17N/c2*1-7(2)9-5-4-8(3)6-9;2*1-4-8-5-6-9(8)7(2)3/h4*7-8H,4-6H2,1-3H3/t4*8-/m1010/s1. The van der Waals surface area contributed by atoms with E-state index in [0.29, 0.717) is 0 Å². The van der Waals surface area contributed by atoms with Crippen LogP contribution in [0.2, 0.25) is 0 Å². The third kappa shape index (κ3) is 11.7. The molecular formula is C32H68N4. The lowest BCUT2D eigenvalue weighted by atomic mass is 9.98. The first kappa shape index (κ1) is 33.9. The third-order valence-electron chi connectivity index (χ3n) is 9.02. The highest BCUT2D eigenvalue weighted by Crippen LogP contribution is 2.23. The van der Waals surface area contributed by atoms with Crippen molar-refractivity contribution in [1.82, 2.24) is 19.6 Å². The Morgan fingerprint density at radius 1 is 0.500 bits per heavy atom. The number of rotatable bonds is 6. The second kappa shape index (κ2) is 17.4. The lowest BCUT2D eigenvalue weighted by molar-refractivity contribution is 0.0541. The minimum atomic E-state index is 0.759. The molecule has 4 heterocycles. The van der Waals surface area contributed by atoms with Gasteiger partial charge in [0.2, 0.25) is 0 Å². The van der Waals surface area contributed by atoms with Gasteiger partial charge >= 0.3 is 0 Å². The van der Waals surface area contributed by atoms with Crippen LogP contribution in [-0.2, 0) is 0 Å². The predicted molar refractivity (Wildman–Crippen MR) is 162 cm³/mol. The van der Waals surface area contributed by atoms with Crippen LogP contribution < -0.4 is 0 Å². The van der Waals surface area contributed by atoms with E-state index in [4.69, 9.17) is 0 Å². The molecule has 4 saturated heterocycles. The van der Waals surface area contributed by atoms with E-state index in [1.54, 1.807) is 0 Å². The zero-order valence-electron chi connectivity index (χ0n) is 26.9. The van der Waals surface area contributed by atoms with Crippen molar-refractivity contribution in [2.45, 2.75) is 158 Å². The smallest absolute Gasteiger partial charge is 0.0107 e. The van der Waals surface area contributed by atoms with Gasteiger partial charge < -0.3 is 9.80 Å². The highest BCUT2D eigenvalue weighted by molar-refractivity contribution is 4.84. The largest absolute Gasteiger partial charge is 0.301 e. The first-order chi connectivity index (χ1) is 16.9. The maximum Gasteiger partial charge on any atom is 0.0107 e. The third-order valence-corrected chi connectivity index (χ3v) is 9.02. The fraction of sp³-hybridized carbons (Fsp3) is 1.00. The van der Waals surface area contributed by atoms with Crippen LogP contribution in [0.1, 0.15) is 122 Å². The zero-order chi connectivity index (χ0) is 27.4. The van der Waals surface area contributed by atoms with Crippen molar-refractivity contribution >= 4 is 0 Å². The SMILES string of the molecule is CC(C)N1CC[C@@H](C)C1.CC(C)N1CC[C@H](C)C1.CC[C@@H]1CCN1C(C)C.CC[C@H]1CCN1C(C)C. The normalized spacial score (nSPS) is 29.3. The molecule has 0 aromatic rings. The summed E-state index contributed by atoms with van der Waals surface area (Å²) >= 11 is 0. The van der Waals surface area contributed by atoms with Gasteiger partial charge in [-0.2, -0.15) is 0 Å². The summed E-state index contributed by atoms with van der Waals surface area (Å²) in [7, 11) is 0. The van der Waals surface area contributed by atoms with Crippen LogP contribution in [-0.4, -0.2) is 95.1 Å². The lowest BCUT2D eigenvalue weighted by Gasteiger charge is -2.43. The summed E-state index contributed by atoms with van der Waals surface area (Å²) in [5, 5.41) is 0. The summed E-state index contributed by atoms with van der Waals surface area (Å²) in [6, 6.07) is 4.87. The van der Waals surface area contributed by atoms with E-state index in [-0.39, 0.29) is 0 Å². The molecule has 0 saturated carbocycles. The van der Waals surface area contributed by atoms with Crippen LogP contribution in [0.15, 0.2) is 0 Å². The fourth-order valence-corrected chi connectivity index (χ4v) is 6.03. The maximum absolute atomic E-state index is 2.57. The summed E-state index contributed by atoms with van der Waals surface area (Å²) < 4.78 is 0. The van der Waals surface area contributed by atoms with Gasteiger partial charge in [-0.05, 0) is 119 Å². The molecule has 0 N–H and O–H groups in total. The van der Waals surface area contributed by atoms with Gasteiger partial charge in [0.25, 0.3) is 0 Å². The molecule has 0 amide bonds. The Labute approximate surface area is 228 Å². The molecule has 4 rings (SSSR count). The molecule has 0 unspecified atom stereocenters. The molecule has 4 atom stereocenters. The molecule has 36 heavy (non-hydrogen) atoms. The Hall–Kier alpha value is -0.160. The Morgan fingerprint density at radius 2 is 0.833 bits per heavy atom. The highest BCUT2D eigenvalue weighted by atomic mass is 15.2. The van der Waals surface area contributed by atoms with Crippen molar-refractivity contribution in [3.05, 3.63) is 0 Å². The zero-order valence-corrected chi connectivity index (χ0v) is 26.9. The van der Waals surface area contributed by atoms with Crippen LogP contribution in [0.25, 0.3) is 0 Å². The summed E-state index contributed by atoms with van der Waals surface area (Å²) in [5.74, 6) is 1.87. The Kier molecular flexibility index (Phi) is 16.4. The van der Waals surface area contributed by atoms with Gasteiger partial charge in [-0.15, -0.1) is 0 Å².